The maximum Gasteiger partial charge on any atom is 0.309 e. The molecular weight excluding hydrogens is 332 g/mol. The Morgan fingerprint density at radius 2 is 1.73 bits per heavy atom. The minimum atomic E-state index is -0.670. The predicted molar refractivity (Wildman–Crippen MR) is 99.9 cm³/mol. The number of carbonyl (C=O) groups excluding carboxylic acids is 2. The van der Waals surface area contributed by atoms with Crippen molar-refractivity contribution in [2.75, 3.05) is 39.6 Å². The van der Waals surface area contributed by atoms with Crippen molar-refractivity contribution < 1.29 is 18.9 Å². The van der Waals surface area contributed by atoms with Gasteiger partial charge in [-0.15, -0.1) is 0 Å². The molecule has 0 fully saturated rings. The summed E-state index contributed by atoms with van der Waals surface area (Å²) in [5.41, 5.74) is 2.22. The van der Waals surface area contributed by atoms with Crippen LogP contribution in [0.5, 0.6) is 0 Å². The van der Waals surface area contributed by atoms with Crippen LogP contribution in [0.15, 0.2) is 47.1 Å². The van der Waals surface area contributed by atoms with Crippen molar-refractivity contribution >= 4 is 17.5 Å². The van der Waals surface area contributed by atoms with Gasteiger partial charge in [0.15, 0.2) is 0 Å². The van der Waals surface area contributed by atoms with E-state index in [1.807, 2.05) is 45.2 Å². The fraction of sp³-hybridized carbons (Fsp3) is 0.368. The highest BCUT2D eigenvalue weighted by molar-refractivity contribution is 6.35. The third-order valence-electron chi connectivity index (χ3n) is 4.19. The number of carbonyl (C=O) groups is 2. The SMILES string of the molecule is CN(C)c1ccc([C@@H](CNC(=O)C(=O)NCc2ccco2)[NH+](C)C)cc1. The minimum Gasteiger partial charge on any atom is -0.467 e. The molecule has 3 N–H and O–H groups in total. The molecule has 0 spiro atoms. The third-order valence-corrected chi connectivity index (χ3v) is 4.19. The molecule has 1 atom stereocenters. The van der Waals surface area contributed by atoms with E-state index in [0.29, 0.717) is 12.3 Å². The molecule has 2 amide bonds. The summed E-state index contributed by atoms with van der Waals surface area (Å²) in [5, 5.41) is 5.26. The standard InChI is InChI=1S/C19H26N4O3/c1-22(2)15-9-7-14(8-10-15)17(23(3)4)13-21-19(25)18(24)20-12-16-6-5-11-26-16/h5-11,17H,12-13H2,1-4H3,(H,20,24)(H,21,25)/p+1/t17-/m1/s1. The normalized spacial score (nSPS) is 11.9. The highest BCUT2D eigenvalue weighted by Crippen LogP contribution is 2.16. The third kappa shape index (κ3) is 5.35. The molecule has 0 aliphatic carbocycles. The van der Waals surface area contributed by atoms with E-state index in [0.717, 1.165) is 11.3 Å². The average molecular weight is 359 g/mol. The molecule has 1 heterocycles. The maximum atomic E-state index is 12.0. The second-order valence-corrected chi connectivity index (χ2v) is 6.59. The maximum absolute atomic E-state index is 12.0. The number of hydrogen-bond acceptors (Lipinski definition) is 4. The zero-order valence-corrected chi connectivity index (χ0v) is 15.7. The van der Waals surface area contributed by atoms with Crippen molar-refractivity contribution in [1.82, 2.24) is 10.6 Å². The van der Waals surface area contributed by atoms with Gasteiger partial charge in [-0.25, -0.2) is 0 Å². The molecular formula is C19H27N4O3+. The quantitative estimate of drug-likeness (QED) is 0.607. The number of likely N-dealkylation sites (N-methyl/N-ethyl adjacent to an activating group) is 1. The molecule has 2 aromatic rings. The summed E-state index contributed by atoms with van der Waals surface area (Å²) in [5.74, 6) is -0.715. The Morgan fingerprint density at radius 3 is 2.27 bits per heavy atom. The Balaban J connectivity index is 1.90. The van der Waals surface area contributed by atoms with Gasteiger partial charge in [0.25, 0.3) is 0 Å². The molecule has 0 aliphatic heterocycles. The largest absolute Gasteiger partial charge is 0.467 e. The van der Waals surface area contributed by atoms with E-state index in [1.165, 1.54) is 11.2 Å². The van der Waals surface area contributed by atoms with Gasteiger partial charge in [-0.3, -0.25) is 9.59 Å². The van der Waals surface area contributed by atoms with Gasteiger partial charge in [0.1, 0.15) is 11.8 Å². The fourth-order valence-corrected chi connectivity index (χ4v) is 2.60. The zero-order chi connectivity index (χ0) is 19.1. The Bertz CT molecular complexity index is 709. The first-order chi connectivity index (χ1) is 12.4. The van der Waals surface area contributed by atoms with Crippen LogP contribution in [0.25, 0.3) is 0 Å². The van der Waals surface area contributed by atoms with Gasteiger partial charge in [-0.05, 0) is 24.3 Å². The number of anilines is 1. The number of rotatable bonds is 7. The van der Waals surface area contributed by atoms with E-state index in [4.69, 9.17) is 4.42 Å². The summed E-state index contributed by atoms with van der Waals surface area (Å²) in [6.45, 7) is 0.560. The fourth-order valence-electron chi connectivity index (χ4n) is 2.60. The summed E-state index contributed by atoms with van der Waals surface area (Å²) in [6, 6.07) is 11.7. The first-order valence-electron chi connectivity index (χ1n) is 8.54. The first-order valence-corrected chi connectivity index (χ1v) is 8.54. The van der Waals surface area contributed by atoms with Gasteiger partial charge < -0.3 is 24.9 Å². The number of quaternary nitrogens is 1. The molecule has 1 aromatic carbocycles. The van der Waals surface area contributed by atoms with Gasteiger partial charge in [-0.2, -0.15) is 0 Å². The van der Waals surface area contributed by atoms with Crippen LogP contribution in [-0.2, 0) is 16.1 Å². The van der Waals surface area contributed by atoms with Crippen molar-refractivity contribution in [2.24, 2.45) is 0 Å². The predicted octanol–water partition coefficient (Wildman–Crippen LogP) is -0.0362. The van der Waals surface area contributed by atoms with E-state index < -0.39 is 11.8 Å². The van der Waals surface area contributed by atoms with Crippen molar-refractivity contribution in [2.45, 2.75) is 12.6 Å². The minimum absolute atomic E-state index is 0.0491. The van der Waals surface area contributed by atoms with E-state index in [9.17, 15) is 9.59 Å². The highest BCUT2D eigenvalue weighted by atomic mass is 16.3. The van der Waals surface area contributed by atoms with Gasteiger partial charge >= 0.3 is 11.8 Å². The first kappa shape index (κ1) is 19.5. The molecule has 0 saturated heterocycles. The Hall–Kier alpha value is -2.80. The van der Waals surface area contributed by atoms with Crippen molar-refractivity contribution in [3.8, 4) is 0 Å². The number of nitrogens with zero attached hydrogens (tertiary/aromatic N) is 1. The summed E-state index contributed by atoms with van der Waals surface area (Å²) >= 11 is 0. The highest BCUT2D eigenvalue weighted by Gasteiger charge is 2.21. The van der Waals surface area contributed by atoms with Crippen LogP contribution in [-0.4, -0.2) is 46.5 Å². The second kappa shape index (κ2) is 9.05. The number of nitrogens with one attached hydrogen (secondary N) is 3. The van der Waals surface area contributed by atoms with E-state index >= 15 is 0 Å². The molecule has 140 valence electrons. The van der Waals surface area contributed by atoms with Gasteiger partial charge in [-0.1, -0.05) is 12.1 Å². The number of furan rings is 1. The summed E-state index contributed by atoms with van der Waals surface area (Å²) < 4.78 is 5.12. The van der Waals surface area contributed by atoms with Crippen molar-refractivity contribution in [1.29, 1.82) is 0 Å². The van der Waals surface area contributed by atoms with Gasteiger partial charge in [0.05, 0.1) is 33.4 Å². The molecule has 2 rings (SSSR count). The molecule has 0 unspecified atom stereocenters. The summed E-state index contributed by atoms with van der Waals surface area (Å²) in [4.78, 5) is 27.1. The summed E-state index contributed by atoms with van der Waals surface area (Å²) in [7, 11) is 8.03. The van der Waals surface area contributed by atoms with E-state index in [2.05, 4.69) is 22.8 Å². The Kier molecular flexibility index (Phi) is 6.80. The van der Waals surface area contributed by atoms with Gasteiger partial charge in [0, 0.05) is 25.3 Å². The molecule has 26 heavy (non-hydrogen) atoms. The molecule has 0 bridgehead atoms. The van der Waals surface area contributed by atoms with Crippen molar-refractivity contribution in [3.63, 3.8) is 0 Å². The van der Waals surface area contributed by atoms with Crippen LogP contribution in [0.3, 0.4) is 0 Å². The lowest BCUT2D eigenvalue weighted by molar-refractivity contribution is -0.890. The summed E-state index contributed by atoms with van der Waals surface area (Å²) in [6.07, 6.45) is 1.52. The Morgan fingerprint density at radius 1 is 1.08 bits per heavy atom. The van der Waals surface area contributed by atoms with Gasteiger partial charge in [0.2, 0.25) is 0 Å². The van der Waals surface area contributed by atoms with E-state index in [-0.39, 0.29) is 12.6 Å². The van der Waals surface area contributed by atoms with Crippen LogP contribution in [0.1, 0.15) is 17.4 Å². The molecule has 0 aliphatic rings. The van der Waals surface area contributed by atoms with Crippen LogP contribution < -0.4 is 20.4 Å². The average Bonchev–Trinajstić information content (AvgIpc) is 3.13. The van der Waals surface area contributed by atoms with Crippen LogP contribution >= 0.6 is 0 Å². The topological polar surface area (TPSA) is 79.0 Å². The van der Waals surface area contributed by atoms with Crippen LogP contribution in [0, 0.1) is 0 Å². The monoisotopic (exact) mass is 359 g/mol. The molecule has 0 radical (unpaired) electrons. The van der Waals surface area contributed by atoms with Crippen LogP contribution in [0.2, 0.25) is 0 Å². The molecule has 0 saturated carbocycles. The van der Waals surface area contributed by atoms with E-state index in [1.54, 1.807) is 12.1 Å². The molecule has 7 heteroatoms. The zero-order valence-electron chi connectivity index (χ0n) is 15.7. The lowest BCUT2D eigenvalue weighted by Crippen LogP contribution is -3.07. The molecule has 7 nitrogen and oxygen atoms in total. The Labute approximate surface area is 154 Å². The lowest BCUT2D eigenvalue weighted by atomic mass is 10.1. The molecule has 1 aromatic heterocycles. The lowest BCUT2D eigenvalue weighted by Gasteiger charge is -2.23. The smallest absolute Gasteiger partial charge is 0.309 e. The number of hydrogen-bond donors (Lipinski definition) is 3. The number of amides is 2. The second-order valence-electron chi connectivity index (χ2n) is 6.59. The van der Waals surface area contributed by atoms with Crippen LogP contribution in [0.4, 0.5) is 5.69 Å². The van der Waals surface area contributed by atoms with Crippen molar-refractivity contribution in [3.05, 3.63) is 54.0 Å². The number of benzene rings is 1.